The van der Waals surface area contributed by atoms with Crippen LogP contribution < -0.4 is 4.74 Å². The molecule has 0 spiro atoms. The number of carboxylic acids is 1. The summed E-state index contributed by atoms with van der Waals surface area (Å²) in [5.74, 6) is 1.73. The number of rotatable bonds is 5. The van der Waals surface area contributed by atoms with Crippen molar-refractivity contribution < 1.29 is 14.6 Å². The van der Waals surface area contributed by atoms with E-state index in [4.69, 9.17) is 39.5 Å². The van der Waals surface area contributed by atoms with Gasteiger partial charge in [-0.3, -0.25) is 0 Å². The third kappa shape index (κ3) is 4.33. The molecule has 0 radical (unpaired) electrons. The number of hydrogen-bond acceptors (Lipinski definition) is 2. The first-order valence-electron chi connectivity index (χ1n) is 5.01. The van der Waals surface area contributed by atoms with Gasteiger partial charge in [0.2, 0.25) is 0 Å². The van der Waals surface area contributed by atoms with E-state index < -0.39 is 5.97 Å². The van der Waals surface area contributed by atoms with Gasteiger partial charge in [-0.1, -0.05) is 23.2 Å². The Labute approximate surface area is 115 Å². The Bertz CT molecular complexity index is 516. The molecule has 1 aromatic rings. The Hall–Kier alpha value is -1.63. The summed E-state index contributed by atoms with van der Waals surface area (Å²) in [6, 6.07) is 3.09. The molecule has 0 saturated heterocycles. The minimum atomic E-state index is -1.07. The summed E-state index contributed by atoms with van der Waals surface area (Å²) in [4.78, 5) is 10.5. The topological polar surface area (TPSA) is 46.5 Å². The normalized spacial score (nSPS) is 10.3. The summed E-state index contributed by atoms with van der Waals surface area (Å²) in [5.41, 5.74) is 0.493. The van der Waals surface area contributed by atoms with E-state index in [2.05, 4.69) is 5.92 Å². The molecule has 18 heavy (non-hydrogen) atoms. The number of ether oxygens (including phenoxy) is 1. The molecule has 94 valence electrons. The number of carbonyl (C=O) groups is 1. The van der Waals surface area contributed by atoms with Gasteiger partial charge in [0.25, 0.3) is 0 Å². The standard InChI is InChI=1S/C13H10Cl2O3/c1-2-3-6-18-13-9(4-5-12(16)17)7-10(14)8-11(13)15/h1,4-5,7-8H,3,6H2,(H,16,17)/b5-4+. The third-order valence-electron chi connectivity index (χ3n) is 1.94. The number of terminal acetylenes is 1. The molecule has 0 bridgehead atoms. The first kappa shape index (κ1) is 14.4. The van der Waals surface area contributed by atoms with Gasteiger partial charge in [0.15, 0.2) is 0 Å². The molecule has 0 amide bonds. The number of halogens is 2. The Kier molecular flexibility index (Phi) is 5.57. The van der Waals surface area contributed by atoms with Crippen LogP contribution in [0.4, 0.5) is 0 Å². The molecule has 0 saturated carbocycles. The van der Waals surface area contributed by atoms with E-state index in [0.29, 0.717) is 34.4 Å². The van der Waals surface area contributed by atoms with Crippen molar-refractivity contribution in [3.05, 3.63) is 33.8 Å². The second kappa shape index (κ2) is 6.95. The average Bonchev–Trinajstić information content (AvgIpc) is 2.29. The predicted octanol–water partition coefficient (Wildman–Crippen LogP) is 3.49. The lowest BCUT2D eigenvalue weighted by atomic mass is 10.2. The molecule has 0 aliphatic rings. The summed E-state index contributed by atoms with van der Waals surface area (Å²) in [6.45, 7) is 0.297. The van der Waals surface area contributed by atoms with Gasteiger partial charge in [0.05, 0.1) is 11.6 Å². The second-order valence-electron chi connectivity index (χ2n) is 3.28. The summed E-state index contributed by atoms with van der Waals surface area (Å²) in [7, 11) is 0. The predicted molar refractivity (Wildman–Crippen MR) is 72.1 cm³/mol. The van der Waals surface area contributed by atoms with E-state index in [1.807, 2.05) is 0 Å². The lowest BCUT2D eigenvalue weighted by Crippen LogP contribution is -1.99. The van der Waals surface area contributed by atoms with Gasteiger partial charge in [-0.25, -0.2) is 4.79 Å². The van der Waals surface area contributed by atoms with E-state index in [9.17, 15) is 4.79 Å². The zero-order valence-corrected chi connectivity index (χ0v) is 10.8. The van der Waals surface area contributed by atoms with Crippen LogP contribution in [0.15, 0.2) is 18.2 Å². The number of benzene rings is 1. The Morgan fingerprint density at radius 2 is 2.22 bits per heavy atom. The van der Waals surface area contributed by atoms with Gasteiger partial charge >= 0.3 is 5.97 Å². The van der Waals surface area contributed by atoms with Gasteiger partial charge in [-0.15, -0.1) is 12.3 Å². The van der Waals surface area contributed by atoms with Crippen molar-refractivity contribution in [1.29, 1.82) is 0 Å². The first-order valence-corrected chi connectivity index (χ1v) is 5.76. The van der Waals surface area contributed by atoms with E-state index >= 15 is 0 Å². The molecular weight excluding hydrogens is 275 g/mol. The summed E-state index contributed by atoms with van der Waals surface area (Å²) in [5, 5.41) is 9.31. The maximum absolute atomic E-state index is 10.5. The fourth-order valence-corrected chi connectivity index (χ4v) is 1.79. The molecule has 0 atom stereocenters. The molecule has 1 aromatic carbocycles. The maximum Gasteiger partial charge on any atom is 0.328 e. The van der Waals surface area contributed by atoms with Crippen molar-refractivity contribution in [2.24, 2.45) is 0 Å². The molecule has 0 aliphatic carbocycles. The van der Waals surface area contributed by atoms with Crippen LogP contribution in [0.25, 0.3) is 6.08 Å². The minimum absolute atomic E-state index is 0.297. The monoisotopic (exact) mass is 284 g/mol. The van der Waals surface area contributed by atoms with Crippen molar-refractivity contribution in [1.82, 2.24) is 0 Å². The van der Waals surface area contributed by atoms with Crippen LogP contribution in [-0.4, -0.2) is 17.7 Å². The zero-order valence-electron chi connectivity index (χ0n) is 9.32. The van der Waals surface area contributed by atoms with Crippen LogP contribution >= 0.6 is 23.2 Å². The number of aliphatic carboxylic acids is 1. The third-order valence-corrected chi connectivity index (χ3v) is 2.43. The summed E-state index contributed by atoms with van der Waals surface area (Å²) in [6.07, 6.45) is 7.90. The van der Waals surface area contributed by atoms with E-state index in [1.54, 1.807) is 6.07 Å². The lowest BCUT2D eigenvalue weighted by molar-refractivity contribution is -0.131. The SMILES string of the molecule is C#CCCOc1c(Cl)cc(Cl)cc1/C=C/C(=O)O. The van der Waals surface area contributed by atoms with Crippen molar-refractivity contribution >= 4 is 35.2 Å². The van der Waals surface area contributed by atoms with Crippen molar-refractivity contribution in [2.45, 2.75) is 6.42 Å². The molecule has 0 unspecified atom stereocenters. The molecule has 0 heterocycles. The fraction of sp³-hybridized carbons (Fsp3) is 0.154. The van der Waals surface area contributed by atoms with Crippen LogP contribution in [0, 0.1) is 12.3 Å². The molecule has 0 aliphatic heterocycles. The van der Waals surface area contributed by atoms with E-state index in [0.717, 1.165) is 6.08 Å². The van der Waals surface area contributed by atoms with Crippen molar-refractivity contribution in [3.63, 3.8) is 0 Å². The smallest absolute Gasteiger partial charge is 0.328 e. The summed E-state index contributed by atoms with van der Waals surface area (Å²) < 4.78 is 5.42. The van der Waals surface area contributed by atoms with Crippen LogP contribution in [0.1, 0.15) is 12.0 Å². The highest BCUT2D eigenvalue weighted by Gasteiger charge is 2.09. The van der Waals surface area contributed by atoms with E-state index in [-0.39, 0.29) is 0 Å². The molecule has 0 fully saturated rings. The van der Waals surface area contributed by atoms with Gasteiger partial charge in [0, 0.05) is 23.1 Å². The van der Waals surface area contributed by atoms with Crippen LogP contribution in [-0.2, 0) is 4.79 Å². The van der Waals surface area contributed by atoms with Crippen molar-refractivity contribution in [3.8, 4) is 18.1 Å². The molecule has 0 aromatic heterocycles. The van der Waals surface area contributed by atoms with Crippen LogP contribution in [0.2, 0.25) is 10.0 Å². The lowest BCUT2D eigenvalue weighted by Gasteiger charge is -2.10. The largest absolute Gasteiger partial charge is 0.490 e. The number of hydrogen-bond donors (Lipinski definition) is 1. The maximum atomic E-state index is 10.5. The average molecular weight is 285 g/mol. The van der Waals surface area contributed by atoms with E-state index in [1.165, 1.54) is 12.1 Å². The number of carboxylic acid groups (broad SMARTS) is 1. The molecule has 3 nitrogen and oxygen atoms in total. The second-order valence-corrected chi connectivity index (χ2v) is 4.12. The van der Waals surface area contributed by atoms with Gasteiger partial charge in [-0.05, 0) is 18.2 Å². The highest BCUT2D eigenvalue weighted by molar-refractivity contribution is 6.35. The van der Waals surface area contributed by atoms with Gasteiger partial charge in [0.1, 0.15) is 5.75 Å². The quantitative estimate of drug-likeness (QED) is 0.511. The van der Waals surface area contributed by atoms with Crippen LogP contribution in [0.3, 0.4) is 0 Å². The van der Waals surface area contributed by atoms with Gasteiger partial charge < -0.3 is 9.84 Å². The Balaban J connectivity index is 3.05. The van der Waals surface area contributed by atoms with Crippen LogP contribution in [0.5, 0.6) is 5.75 Å². The molecule has 5 heteroatoms. The Morgan fingerprint density at radius 1 is 1.50 bits per heavy atom. The Morgan fingerprint density at radius 3 is 2.83 bits per heavy atom. The molecular formula is C13H10Cl2O3. The minimum Gasteiger partial charge on any atom is -0.490 e. The molecule has 1 N–H and O–H groups in total. The zero-order chi connectivity index (χ0) is 13.5. The highest BCUT2D eigenvalue weighted by atomic mass is 35.5. The first-order chi connectivity index (χ1) is 8.54. The van der Waals surface area contributed by atoms with Gasteiger partial charge in [-0.2, -0.15) is 0 Å². The van der Waals surface area contributed by atoms with Crippen molar-refractivity contribution in [2.75, 3.05) is 6.61 Å². The highest BCUT2D eigenvalue weighted by Crippen LogP contribution is 2.33. The fourth-order valence-electron chi connectivity index (χ4n) is 1.23. The molecule has 1 rings (SSSR count). The summed E-state index contributed by atoms with van der Waals surface area (Å²) >= 11 is 11.8.